The predicted octanol–water partition coefficient (Wildman–Crippen LogP) is 2.58. The van der Waals surface area contributed by atoms with Crippen molar-refractivity contribution in [1.82, 2.24) is 0 Å². The quantitative estimate of drug-likeness (QED) is 0.738. The van der Waals surface area contributed by atoms with Gasteiger partial charge in [-0.25, -0.2) is 0 Å². The fourth-order valence-electron chi connectivity index (χ4n) is 1.48. The molecule has 0 saturated heterocycles. The summed E-state index contributed by atoms with van der Waals surface area (Å²) in [6.07, 6.45) is 0.945. The normalized spacial score (nSPS) is 11.8. The highest BCUT2D eigenvalue weighted by Gasteiger charge is 2.12. The first-order chi connectivity index (χ1) is 5.88. The molecule has 0 aromatic heterocycles. The average Bonchev–Trinajstić information content (AvgIpc) is 1.94. The molecule has 1 aromatic rings. The Morgan fingerprint density at radius 2 is 1.85 bits per heavy atom. The Kier molecular flexibility index (Phi) is 2.77. The summed E-state index contributed by atoms with van der Waals surface area (Å²) in [5.41, 5.74) is 9.89. The van der Waals surface area contributed by atoms with E-state index in [2.05, 4.69) is 45.9 Å². The van der Waals surface area contributed by atoms with Crippen molar-refractivity contribution in [2.24, 2.45) is 5.73 Å². The van der Waals surface area contributed by atoms with E-state index in [-0.39, 0.29) is 5.54 Å². The first-order valence-electron chi connectivity index (χ1n) is 4.73. The van der Waals surface area contributed by atoms with Crippen LogP contribution in [0.3, 0.4) is 0 Å². The van der Waals surface area contributed by atoms with Crippen LogP contribution >= 0.6 is 0 Å². The third-order valence-corrected chi connectivity index (χ3v) is 2.15. The fraction of sp³-hybridized carbons (Fsp3) is 0.500. The molecule has 2 N–H and O–H groups in total. The minimum absolute atomic E-state index is 0.113. The van der Waals surface area contributed by atoms with Crippen molar-refractivity contribution < 1.29 is 0 Å². The monoisotopic (exact) mass is 177 g/mol. The van der Waals surface area contributed by atoms with E-state index in [9.17, 15) is 0 Å². The largest absolute Gasteiger partial charge is 0.325 e. The van der Waals surface area contributed by atoms with Crippen molar-refractivity contribution in [2.75, 3.05) is 0 Å². The summed E-state index contributed by atoms with van der Waals surface area (Å²) in [6.45, 7) is 8.39. The van der Waals surface area contributed by atoms with Gasteiger partial charge in [0.05, 0.1) is 0 Å². The molecule has 0 aliphatic carbocycles. The molecule has 1 heteroatoms. The fourth-order valence-corrected chi connectivity index (χ4v) is 1.48. The highest BCUT2D eigenvalue weighted by molar-refractivity contribution is 5.31. The van der Waals surface area contributed by atoms with Crippen molar-refractivity contribution in [2.45, 2.75) is 39.7 Å². The molecule has 0 unspecified atom stereocenters. The lowest BCUT2D eigenvalue weighted by Gasteiger charge is -2.20. The molecule has 0 aliphatic heterocycles. The SMILES string of the molecule is Cc1ccc(C)c(CC(C)(C)N)c1. The zero-order valence-corrected chi connectivity index (χ0v) is 9.02. The van der Waals surface area contributed by atoms with Crippen LogP contribution in [0.2, 0.25) is 0 Å². The lowest BCUT2D eigenvalue weighted by Crippen LogP contribution is -2.34. The minimum atomic E-state index is -0.113. The van der Waals surface area contributed by atoms with Crippen LogP contribution in [0.5, 0.6) is 0 Å². The van der Waals surface area contributed by atoms with Gasteiger partial charge in [-0.3, -0.25) is 0 Å². The number of hydrogen-bond acceptors (Lipinski definition) is 1. The Hall–Kier alpha value is -0.820. The van der Waals surface area contributed by atoms with Gasteiger partial charge in [0.2, 0.25) is 0 Å². The molecule has 0 heterocycles. The molecule has 0 spiro atoms. The summed E-state index contributed by atoms with van der Waals surface area (Å²) in [4.78, 5) is 0. The van der Waals surface area contributed by atoms with Crippen molar-refractivity contribution in [3.8, 4) is 0 Å². The van der Waals surface area contributed by atoms with Crippen LogP contribution in [0.25, 0.3) is 0 Å². The molecule has 0 radical (unpaired) electrons. The van der Waals surface area contributed by atoms with Crippen LogP contribution < -0.4 is 5.73 Å². The Balaban J connectivity index is 2.94. The maximum Gasteiger partial charge on any atom is 0.0138 e. The molecule has 13 heavy (non-hydrogen) atoms. The van der Waals surface area contributed by atoms with Crippen LogP contribution in [-0.4, -0.2) is 5.54 Å². The molecule has 0 bridgehead atoms. The highest BCUT2D eigenvalue weighted by atomic mass is 14.7. The standard InChI is InChI=1S/C12H19N/c1-9-5-6-10(2)11(7-9)8-12(3,4)13/h5-7H,8,13H2,1-4H3. The predicted molar refractivity (Wildman–Crippen MR) is 57.9 cm³/mol. The van der Waals surface area contributed by atoms with E-state index in [1.54, 1.807) is 0 Å². The maximum atomic E-state index is 5.99. The molecule has 0 saturated carbocycles. The summed E-state index contributed by atoms with van der Waals surface area (Å²) >= 11 is 0. The van der Waals surface area contributed by atoms with Gasteiger partial charge < -0.3 is 5.73 Å². The molecule has 0 amide bonds. The van der Waals surface area contributed by atoms with E-state index < -0.39 is 0 Å². The summed E-state index contributed by atoms with van der Waals surface area (Å²) < 4.78 is 0. The first-order valence-corrected chi connectivity index (χ1v) is 4.73. The summed E-state index contributed by atoms with van der Waals surface area (Å²) in [7, 11) is 0. The molecule has 72 valence electrons. The van der Waals surface area contributed by atoms with Gasteiger partial charge in [0.1, 0.15) is 0 Å². The summed E-state index contributed by atoms with van der Waals surface area (Å²) in [5.74, 6) is 0. The molecule has 0 atom stereocenters. The van der Waals surface area contributed by atoms with Gasteiger partial charge in [-0.15, -0.1) is 0 Å². The first kappa shape index (κ1) is 10.3. The smallest absolute Gasteiger partial charge is 0.0138 e. The minimum Gasteiger partial charge on any atom is -0.325 e. The molecule has 0 fully saturated rings. The lowest BCUT2D eigenvalue weighted by molar-refractivity contribution is 0.515. The van der Waals surface area contributed by atoms with Gasteiger partial charge >= 0.3 is 0 Å². The number of aryl methyl sites for hydroxylation is 2. The Bertz CT molecular complexity index is 294. The zero-order valence-electron chi connectivity index (χ0n) is 9.02. The van der Waals surface area contributed by atoms with Gasteiger partial charge in [-0.1, -0.05) is 23.8 Å². The Morgan fingerprint density at radius 3 is 2.38 bits per heavy atom. The lowest BCUT2D eigenvalue weighted by atomic mass is 9.92. The van der Waals surface area contributed by atoms with E-state index in [1.165, 1.54) is 16.7 Å². The molecule has 1 rings (SSSR count). The highest BCUT2D eigenvalue weighted by Crippen LogP contribution is 2.15. The van der Waals surface area contributed by atoms with Crippen LogP contribution in [0.15, 0.2) is 18.2 Å². The van der Waals surface area contributed by atoms with Gasteiger partial charge in [0.25, 0.3) is 0 Å². The zero-order chi connectivity index (χ0) is 10.1. The Morgan fingerprint density at radius 1 is 1.23 bits per heavy atom. The van der Waals surface area contributed by atoms with Crippen LogP contribution in [0.1, 0.15) is 30.5 Å². The topological polar surface area (TPSA) is 26.0 Å². The van der Waals surface area contributed by atoms with Crippen LogP contribution in [-0.2, 0) is 6.42 Å². The number of nitrogens with two attached hydrogens (primary N) is 1. The second-order valence-corrected chi connectivity index (χ2v) is 4.60. The van der Waals surface area contributed by atoms with E-state index >= 15 is 0 Å². The van der Waals surface area contributed by atoms with E-state index in [4.69, 9.17) is 5.73 Å². The van der Waals surface area contributed by atoms with Gasteiger partial charge in [-0.05, 0) is 45.2 Å². The number of hydrogen-bond donors (Lipinski definition) is 1. The third-order valence-electron chi connectivity index (χ3n) is 2.15. The molecule has 1 aromatic carbocycles. The van der Waals surface area contributed by atoms with Crippen LogP contribution in [0, 0.1) is 13.8 Å². The van der Waals surface area contributed by atoms with Crippen LogP contribution in [0.4, 0.5) is 0 Å². The second-order valence-electron chi connectivity index (χ2n) is 4.60. The van der Waals surface area contributed by atoms with Crippen molar-refractivity contribution >= 4 is 0 Å². The third kappa shape index (κ3) is 3.19. The molecular weight excluding hydrogens is 158 g/mol. The maximum absolute atomic E-state index is 5.99. The van der Waals surface area contributed by atoms with Gasteiger partial charge in [0, 0.05) is 5.54 Å². The summed E-state index contributed by atoms with van der Waals surface area (Å²) in [6, 6.07) is 6.53. The number of benzene rings is 1. The average molecular weight is 177 g/mol. The number of rotatable bonds is 2. The molecule has 0 aliphatic rings. The summed E-state index contributed by atoms with van der Waals surface area (Å²) in [5, 5.41) is 0. The van der Waals surface area contributed by atoms with Crippen molar-refractivity contribution in [1.29, 1.82) is 0 Å². The van der Waals surface area contributed by atoms with E-state index in [0.717, 1.165) is 6.42 Å². The van der Waals surface area contributed by atoms with Gasteiger partial charge in [-0.2, -0.15) is 0 Å². The second kappa shape index (κ2) is 3.51. The van der Waals surface area contributed by atoms with E-state index in [1.807, 2.05) is 0 Å². The molecule has 1 nitrogen and oxygen atoms in total. The van der Waals surface area contributed by atoms with Crippen molar-refractivity contribution in [3.05, 3.63) is 34.9 Å². The van der Waals surface area contributed by atoms with Crippen molar-refractivity contribution in [3.63, 3.8) is 0 Å². The Labute approximate surface area is 81.0 Å². The molecular formula is C12H19N. The van der Waals surface area contributed by atoms with E-state index in [0.29, 0.717) is 0 Å². The van der Waals surface area contributed by atoms with Gasteiger partial charge in [0.15, 0.2) is 0 Å².